The molecule has 1 aromatic carbocycles. The molecule has 3 heterocycles. The lowest BCUT2D eigenvalue weighted by atomic mass is 10.0. The number of carbonyl (C=O) groups is 2. The van der Waals surface area contributed by atoms with Crippen LogP contribution in [0.25, 0.3) is 0 Å². The monoisotopic (exact) mass is 610 g/mol. The minimum atomic E-state index is -4.29. The third-order valence-corrected chi connectivity index (χ3v) is 8.72. The molecule has 1 aromatic heterocycles. The van der Waals surface area contributed by atoms with Crippen molar-refractivity contribution >= 4 is 22.0 Å². The highest BCUT2D eigenvalue weighted by atomic mass is 32.2. The van der Waals surface area contributed by atoms with E-state index in [9.17, 15) is 22.4 Å². The van der Waals surface area contributed by atoms with Crippen LogP contribution in [0, 0.1) is 5.82 Å². The Kier molecular flexibility index (Phi) is 11.0. The Hall–Kier alpha value is -3.37. The van der Waals surface area contributed by atoms with Crippen LogP contribution in [-0.4, -0.2) is 93.0 Å². The van der Waals surface area contributed by atoms with E-state index in [4.69, 9.17) is 23.8 Å². The zero-order chi connectivity index (χ0) is 30.1. The molecule has 13 nitrogen and oxygen atoms in total. The molecular weight excluding hydrogens is 575 g/mol. The van der Waals surface area contributed by atoms with Gasteiger partial charge in [-0.05, 0) is 49.6 Å². The summed E-state index contributed by atoms with van der Waals surface area (Å²) in [4.78, 5) is 37.2. The molecule has 0 aliphatic carbocycles. The second-order valence-corrected chi connectivity index (χ2v) is 11.5. The molecule has 2 aromatic rings. The number of amides is 2. The highest BCUT2D eigenvalue weighted by molar-refractivity contribution is 7.89. The molecule has 1 N–H and O–H groups in total. The van der Waals surface area contributed by atoms with Gasteiger partial charge in [0.1, 0.15) is 29.1 Å². The number of hydrogen-bond donors (Lipinski definition) is 1. The molecule has 3 atom stereocenters. The van der Waals surface area contributed by atoms with Gasteiger partial charge in [0.2, 0.25) is 15.9 Å². The van der Waals surface area contributed by atoms with Crippen molar-refractivity contribution < 1.29 is 46.2 Å². The summed E-state index contributed by atoms with van der Waals surface area (Å²) in [7, 11) is -2.82. The van der Waals surface area contributed by atoms with E-state index in [0.29, 0.717) is 18.8 Å². The van der Waals surface area contributed by atoms with Crippen molar-refractivity contribution in [2.45, 2.75) is 55.9 Å². The average molecular weight is 611 g/mol. The Morgan fingerprint density at radius 2 is 1.90 bits per heavy atom. The SMILES string of the molecule is CC[C@H]1C(C(=O)NOC2CCCCO2)N(S(=O)(=O)c2ccc(Oc3ccc(F)cc3)nc2)CCN1C(=O)OCCOC. The second-order valence-electron chi connectivity index (χ2n) is 9.61. The number of ether oxygens (including phenoxy) is 4. The van der Waals surface area contributed by atoms with Crippen molar-refractivity contribution in [3.63, 3.8) is 0 Å². The first-order valence-corrected chi connectivity index (χ1v) is 15.1. The predicted molar refractivity (Wildman–Crippen MR) is 145 cm³/mol. The molecule has 0 radical (unpaired) electrons. The molecule has 15 heteroatoms. The van der Waals surface area contributed by atoms with Crippen LogP contribution in [-0.2, 0) is 33.9 Å². The lowest BCUT2D eigenvalue weighted by molar-refractivity contribution is -0.203. The van der Waals surface area contributed by atoms with Crippen molar-refractivity contribution in [1.82, 2.24) is 19.7 Å². The summed E-state index contributed by atoms with van der Waals surface area (Å²) in [6.45, 7) is 2.20. The van der Waals surface area contributed by atoms with Gasteiger partial charge in [0.25, 0.3) is 5.91 Å². The molecule has 2 aliphatic heterocycles. The first-order valence-electron chi connectivity index (χ1n) is 13.7. The third-order valence-electron chi connectivity index (χ3n) is 6.85. The highest BCUT2D eigenvalue weighted by Crippen LogP contribution is 2.29. The van der Waals surface area contributed by atoms with Crippen molar-refractivity contribution in [1.29, 1.82) is 0 Å². The lowest BCUT2D eigenvalue weighted by Crippen LogP contribution is -2.66. The maximum atomic E-state index is 13.9. The van der Waals surface area contributed by atoms with E-state index in [-0.39, 0.29) is 43.5 Å². The van der Waals surface area contributed by atoms with E-state index in [1.807, 2.05) is 0 Å². The number of hydrogen-bond acceptors (Lipinski definition) is 10. The van der Waals surface area contributed by atoms with Crippen molar-refractivity contribution in [2.24, 2.45) is 0 Å². The molecule has 0 bridgehead atoms. The molecule has 42 heavy (non-hydrogen) atoms. The molecule has 230 valence electrons. The fourth-order valence-corrected chi connectivity index (χ4v) is 6.30. The molecule has 2 fully saturated rings. The summed E-state index contributed by atoms with van der Waals surface area (Å²) in [5.74, 6) is -0.776. The molecule has 2 unspecified atom stereocenters. The van der Waals surface area contributed by atoms with Crippen molar-refractivity contribution in [3.8, 4) is 11.6 Å². The van der Waals surface area contributed by atoms with Gasteiger partial charge in [-0.3, -0.25) is 4.79 Å². The third kappa shape index (κ3) is 7.72. The Labute approximate surface area is 243 Å². The number of carbonyl (C=O) groups excluding carboxylic acids is 2. The molecule has 2 amide bonds. The van der Waals surface area contributed by atoms with Crippen LogP contribution in [0.1, 0.15) is 32.6 Å². The van der Waals surface area contributed by atoms with Gasteiger partial charge in [-0.2, -0.15) is 4.31 Å². The van der Waals surface area contributed by atoms with Gasteiger partial charge in [-0.25, -0.2) is 32.9 Å². The normalized spacial score (nSPS) is 21.5. The Morgan fingerprint density at radius 3 is 2.55 bits per heavy atom. The molecule has 4 rings (SSSR count). The maximum absolute atomic E-state index is 13.9. The topological polar surface area (TPSA) is 146 Å². The van der Waals surface area contributed by atoms with Crippen LogP contribution >= 0.6 is 0 Å². The number of benzene rings is 1. The zero-order valence-electron chi connectivity index (χ0n) is 23.4. The van der Waals surface area contributed by atoms with E-state index in [0.717, 1.165) is 23.3 Å². The summed E-state index contributed by atoms with van der Waals surface area (Å²) in [5.41, 5.74) is 2.36. The van der Waals surface area contributed by atoms with Crippen LogP contribution in [0.5, 0.6) is 11.6 Å². The number of hydroxylamine groups is 1. The van der Waals surface area contributed by atoms with Crippen molar-refractivity contribution in [2.75, 3.05) is 40.0 Å². The van der Waals surface area contributed by atoms with Crippen molar-refractivity contribution in [3.05, 3.63) is 48.4 Å². The average Bonchev–Trinajstić information content (AvgIpc) is 3.01. The van der Waals surface area contributed by atoms with E-state index in [1.165, 1.54) is 48.4 Å². The Morgan fingerprint density at radius 1 is 1.12 bits per heavy atom. The maximum Gasteiger partial charge on any atom is 0.410 e. The van der Waals surface area contributed by atoms with Gasteiger partial charge < -0.3 is 23.8 Å². The fraction of sp³-hybridized carbons (Fsp3) is 0.519. The fourth-order valence-electron chi connectivity index (χ4n) is 4.74. The van der Waals surface area contributed by atoms with Gasteiger partial charge in [-0.1, -0.05) is 6.92 Å². The van der Waals surface area contributed by atoms with Crippen LogP contribution in [0.3, 0.4) is 0 Å². The summed E-state index contributed by atoms with van der Waals surface area (Å²) in [6, 6.07) is 5.72. The molecule has 2 saturated heterocycles. The zero-order valence-corrected chi connectivity index (χ0v) is 24.3. The number of methoxy groups -OCH3 is 1. The first-order chi connectivity index (χ1) is 20.2. The minimum Gasteiger partial charge on any atom is -0.447 e. The second kappa shape index (κ2) is 14.7. The standard InChI is InChI=1S/C27H35FN4O9S/c1-3-22-25(26(33)30-41-24-6-4-5-15-38-24)32(14-13-31(22)27(34)39-17-16-37-2)42(35,36)21-11-12-23(29-18-21)40-20-9-7-19(28)8-10-20/h7-12,18,22,24-25H,3-6,13-17H2,1-2H3,(H,30,33)/t22-,24?,25?/m0/s1. The number of sulfonamides is 1. The van der Waals surface area contributed by atoms with Gasteiger partial charge >= 0.3 is 6.09 Å². The number of rotatable bonds is 11. The lowest BCUT2D eigenvalue weighted by Gasteiger charge is -2.44. The number of pyridine rings is 1. The van der Waals surface area contributed by atoms with E-state index < -0.39 is 46.2 Å². The summed E-state index contributed by atoms with van der Waals surface area (Å²) < 4.78 is 63.2. The minimum absolute atomic E-state index is 0.00127. The molecular formula is C27H35FN4O9S. The van der Waals surface area contributed by atoms with E-state index in [1.54, 1.807) is 6.92 Å². The van der Waals surface area contributed by atoms with Gasteiger partial charge in [-0.15, -0.1) is 0 Å². The van der Waals surface area contributed by atoms with Gasteiger partial charge in [0, 0.05) is 39.3 Å². The summed E-state index contributed by atoms with van der Waals surface area (Å²) in [6.07, 6.45) is 2.31. The van der Waals surface area contributed by atoms with Gasteiger partial charge in [0.15, 0.2) is 6.29 Å². The Balaban J connectivity index is 1.56. The van der Waals surface area contributed by atoms with Crippen LogP contribution in [0.4, 0.5) is 9.18 Å². The number of nitrogens with one attached hydrogen (secondary N) is 1. The van der Waals surface area contributed by atoms with Gasteiger partial charge in [0.05, 0.1) is 18.8 Å². The van der Waals surface area contributed by atoms with E-state index >= 15 is 0 Å². The Bertz CT molecular complexity index is 1290. The predicted octanol–water partition coefficient (Wildman–Crippen LogP) is 2.82. The molecule has 2 aliphatic rings. The summed E-state index contributed by atoms with van der Waals surface area (Å²) in [5, 5.41) is 0. The molecule has 0 spiro atoms. The highest BCUT2D eigenvalue weighted by Gasteiger charge is 2.48. The van der Waals surface area contributed by atoms with Crippen LogP contribution in [0.15, 0.2) is 47.5 Å². The largest absolute Gasteiger partial charge is 0.447 e. The number of aromatic nitrogens is 1. The molecule has 0 saturated carbocycles. The van der Waals surface area contributed by atoms with Crippen LogP contribution in [0.2, 0.25) is 0 Å². The number of nitrogens with zero attached hydrogens (tertiary/aromatic N) is 3. The van der Waals surface area contributed by atoms with E-state index in [2.05, 4.69) is 10.5 Å². The quantitative estimate of drug-likeness (QED) is 0.298. The smallest absolute Gasteiger partial charge is 0.410 e. The number of halogens is 1. The van der Waals surface area contributed by atoms with Crippen LogP contribution < -0.4 is 10.2 Å². The summed E-state index contributed by atoms with van der Waals surface area (Å²) >= 11 is 0. The number of piperazine rings is 1. The first kappa shape index (κ1) is 31.6.